The Bertz CT molecular complexity index is 5520. The van der Waals surface area contributed by atoms with Crippen molar-refractivity contribution in [1.29, 1.82) is 5.26 Å². The van der Waals surface area contributed by atoms with Crippen LogP contribution in [0.5, 0.6) is 11.5 Å². The van der Waals surface area contributed by atoms with Gasteiger partial charge in [0.25, 0.3) is 0 Å². The van der Waals surface area contributed by atoms with Gasteiger partial charge in [-0.15, -0.1) is 0 Å². The number of hydrogen-bond donors (Lipinski definition) is 6. The Hall–Kier alpha value is -13.5. The van der Waals surface area contributed by atoms with Crippen LogP contribution in [0.15, 0.2) is 209 Å². The van der Waals surface area contributed by atoms with Gasteiger partial charge in [-0.3, -0.25) is 15.0 Å². The molecule has 3 aliphatic heterocycles. The number of nitrogens with zero attached hydrogens (tertiary/aromatic N) is 9. The van der Waals surface area contributed by atoms with Crippen LogP contribution in [-0.2, 0) is 0 Å². The minimum absolute atomic E-state index is 0. The lowest BCUT2D eigenvalue weighted by molar-refractivity contribution is 0.355. The van der Waals surface area contributed by atoms with Gasteiger partial charge in [0.05, 0.1) is 73.2 Å². The highest BCUT2D eigenvalue weighted by Gasteiger charge is 2.25. The third-order valence-corrected chi connectivity index (χ3v) is 16.3. The lowest BCUT2D eigenvalue weighted by Gasteiger charge is -2.18. The number of aryl methyl sites for hydroxylation is 2. The Morgan fingerprint density at radius 1 is 0.442 bits per heavy atom. The largest absolute Gasteiger partial charge is 0.493 e. The SMILES string of the molecule is C.C.C.C.COc1cc2nc(C)nc(C#Cc3ccc(C#N)cc3)c2cc1OC.Cc1nc(N)c(C#Cc2ccc(C3=NCC(C)(C)N3)cc2)c2ccccc12.Nc1cc(C#Cc2ccc(C3=NCCN3)cc2)c2ccccc2n1.Nc1ncc(C#Cc2ccc(C3=NCCN3)cc2)c2ccccc12. The van der Waals surface area contributed by atoms with Crippen molar-refractivity contribution in [1.82, 2.24) is 40.9 Å². The van der Waals surface area contributed by atoms with Gasteiger partial charge in [-0.25, -0.2) is 24.9 Å². The van der Waals surface area contributed by atoms with Crippen molar-refractivity contribution in [2.45, 2.75) is 62.9 Å². The highest BCUT2D eigenvalue weighted by Crippen LogP contribution is 2.33. The molecule has 9 N–H and O–H groups in total. The summed E-state index contributed by atoms with van der Waals surface area (Å²) in [5.41, 5.74) is 31.2. The average Bonchev–Trinajstić information content (AvgIpc) is 1.22. The fourth-order valence-electron chi connectivity index (χ4n) is 11.2. The number of fused-ring (bicyclic) bond motifs is 4. The van der Waals surface area contributed by atoms with E-state index in [2.05, 4.69) is 123 Å². The van der Waals surface area contributed by atoms with Crippen LogP contribution in [0.25, 0.3) is 43.4 Å². The Morgan fingerprint density at radius 2 is 0.933 bits per heavy atom. The summed E-state index contributed by atoms with van der Waals surface area (Å²) in [4.78, 5) is 35.3. The lowest BCUT2D eigenvalue weighted by atomic mass is 10.0. The first-order valence-corrected chi connectivity index (χ1v) is 32.3. The van der Waals surface area contributed by atoms with Gasteiger partial charge in [0.1, 0.15) is 46.5 Å². The summed E-state index contributed by atoms with van der Waals surface area (Å²) >= 11 is 0. The molecule has 0 fully saturated rings. The maximum atomic E-state index is 8.85. The molecule has 0 unspecified atom stereocenters. The normalized spacial score (nSPS) is 12.3. The van der Waals surface area contributed by atoms with E-state index in [1.54, 1.807) is 32.5 Å². The van der Waals surface area contributed by atoms with Crippen molar-refractivity contribution in [3.8, 4) is 64.9 Å². The molecular formula is C87H85N15O2. The third-order valence-electron chi connectivity index (χ3n) is 16.3. The second-order valence-corrected chi connectivity index (χ2v) is 24.0. The van der Waals surface area contributed by atoms with Crippen molar-refractivity contribution in [2.24, 2.45) is 15.0 Å². The molecule has 0 aliphatic carbocycles. The molecule has 0 amide bonds. The quantitative estimate of drug-likeness (QED) is 0.0876. The number of aliphatic imine (C=N–C) groups is 3. The van der Waals surface area contributed by atoms with Gasteiger partial charge >= 0.3 is 0 Å². The molecule has 3 aliphatic rings. The second-order valence-electron chi connectivity index (χ2n) is 24.0. The van der Waals surface area contributed by atoms with Crippen LogP contribution in [0.1, 0.15) is 122 Å². The number of aromatic nitrogens is 5. The van der Waals surface area contributed by atoms with Crippen molar-refractivity contribution >= 4 is 78.3 Å². The van der Waals surface area contributed by atoms with Crippen LogP contribution in [0.4, 0.5) is 17.5 Å². The van der Waals surface area contributed by atoms with E-state index < -0.39 is 0 Å². The van der Waals surface area contributed by atoms with Crippen molar-refractivity contribution in [3.63, 3.8) is 0 Å². The van der Waals surface area contributed by atoms with Crippen LogP contribution >= 0.6 is 0 Å². The van der Waals surface area contributed by atoms with Crippen LogP contribution in [0.2, 0.25) is 0 Å². The maximum Gasteiger partial charge on any atom is 0.162 e. The molecule has 0 spiro atoms. The van der Waals surface area contributed by atoms with E-state index in [1.165, 1.54) is 0 Å². The Labute approximate surface area is 610 Å². The van der Waals surface area contributed by atoms with E-state index in [1.807, 2.05) is 190 Å². The van der Waals surface area contributed by atoms with Crippen molar-refractivity contribution in [2.75, 3.05) is 64.1 Å². The molecule has 17 nitrogen and oxygen atoms in total. The number of nitriles is 1. The molecular weight excluding hydrogens is 1290 g/mol. The zero-order valence-corrected chi connectivity index (χ0v) is 56.1. The number of pyridine rings is 3. The van der Waals surface area contributed by atoms with Crippen LogP contribution in [0.3, 0.4) is 0 Å². The summed E-state index contributed by atoms with van der Waals surface area (Å²) in [6, 6.07) is 62.9. The average molecular weight is 1370 g/mol. The van der Waals surface area contributed by atoms with E-state index in [4.69, 9.17) is 31.9 Å². The summed E-state index contributed by atoms with van der Waals surface area (Å²) < 4.78 is 10.7. The highest BCUT2D eigenvalue weighted by molar-refractivity contribution is 6.02. The smallest absolute Gasteiger partial charge is 0.162 e. The highest BCUT2D eigenvalue weighted by atomic mass is 16.5. The fourth-order valence-corrected chi connectivity index (χ4v) is 11.2. The van der Waals surface area contributed by atoms with Gasteiger partial charge in [0.2, 0.25) is 0 Å². The minimum Gasteiger partial charge on any atom is -0.493 e. The van der Waals surface area contributed by atoms with Crippen LogP contribution < -0.4 is 42.6 Å². The molecule has 520 valence electrons. The molecule has 12 aromatic rings. The first-order chi connectivity index (χ1) is 48.7. The number of amidine groups is 3. The van der Waals surface area contributed by atoms with Crippen LogP contribution in [0, 0.1) is 72.5 Å². The molecule has 104 heavy (non-hydrogen) atoms. The number of nitrogen functional groups attached to an aromatic ring is 3. The zero-order valence-electron chi connectivity index (χ0n) is 56.1. The van der Waals surface area contributed by atoms with E-state index in [0.717, 1.165) is 155 Å². The standard InChI is InChI=1S/C23H22N4.2C20H16N4.C20H15N3O2.4CH4/c1-15-18-6-4-5-7-19(18)20(21(24)26-15)13-10-16-8-11-17(12-9-16)22-25-14-23(2,3)27-22;21-19-18-4-2-1-3-17(18)16(13-24-19)10-7-14-5-8-15(9-6-14)20-22-11-12-23-20;21-19-13-16(17-3-1-2-4-18(17)24-19)10-7-14-5-8-15(9-6-14)20-22-11-12-23-20;1-13-22-17(9-8-14-4-6-15(12-21)7-5-14)16-10-19(24-2)20(25-3)11-18(16)23-13;;;;/h4-9,11-12H,14H2,1-3H3,(H2,24,26)(H,25,27);2*1-6,8-9,13H,11-12H2,(H2,21,24)(H,22,23);4-7,10-11H,1-3H3;4*1H4. The number of anilines is 3. The molecule has 7 heterocycles. The maximum absolute atomic E-state index is 8.85. The van der Waals surface area contributed by atoms with E-state index >= 15 is 0 Å². The van der Waals surface area contributed by atoms with E-state index in [-0.39, 0.29) is 35.2 Å². The summed E-state index contributed by atoms with van der Waals surface area (Å²) in [5.74, 6) is 31.6. The number of ether oxygens (including phenoxy) is 2. The zero-order chi connectivity index (χ0) is 69.5. The summed E-state index contributed by atoms with van der Waals surface area (Å²) in [6.07, 6.45) is 1.73. The number of rotatable bonds is 5. The molecule has 0 radical (unpaired) electrons. The number of nitrogens with two attached hydrogens (primary N) is 3. The van der Waals surface area contributed by atoms with Gasteiger partial charge < -0.3 is 42.6 Å². The molecule has 0 saturated carbocycles. The molecule has 17 heteroatoms. The molecule has 15 rings (SSSR count). The summed E-state index contributed by atoms with van der Waals surface area (Å²) in [5, 5.41) is 24.7. The minimum atomic E-state index is 0. The first-order valence-electron chi connectivity index (χ1n) is 32.3. The Kier molecular flexibility index (Phi) is 25.6. The first kappa shape index (κ1) is 76.2. The topological polar surface area (TPSA) is 258 Å². The predicted molar refractivity (Wildman–Crippen MR) is 429 cm³/mol. The number of nitrogens with one attached hydrogen (secondary N) is 3. The number of benzene rings is 8. The van der Waals surface area contributed by atoms with Gasteiger partial charge in [0, 0.05) is 108 Å². The van der Waals surface area contributed by atoms with Gasteiger partial charge in [-0.05, 0) is 112 Å². The number of methoxy groups -OCH3 is 2. The van der Waals surface area contributed by atoms with E-state index in [0.29, 0.717) is 46.0 Å². The van der Waals surface area contributed by atoms with Crippen molar-refractivity contribution < 1.29 is 9.47 Å². The molecule has 8 aromatic carbocycles. The Balaban J connectivity index is 0.000000173. The van der Waals surface area contributed by atoms with Gasteiger partial charge in [0.15, 0.2) is 11.5 Å². The predicted octanol–water partition coefficient (Wildman–Crippen LogP) is 14.6. The van der Waals surface area contributed by atoms with Crippen LogP contribution in [-0.4, -0.2) is 94.9 Å². The summed E-state index contributed by atoms with van der Waals surface area (Å²) in [6.45, 7) is 12.4. The molecule has 0 bridgehead atoms. The molecule has 0 saturated heterocycles. The van der Waals surface area contributed by atoms with Gasteiger partial charge in [-0.1, -0.05) is 174 Å². The lowest BCUT2D eigenvalue weighted by Crippen LogP contribution is -2.39. The Morgan fingerprint density at radius 3 is 1.48 bits per heavy atom. The third kappa shape index (κ3) is 18.5. The number of hydrogen-bond acceptors (Lipinski definition) is 17. The number of para-hydroxylation sites is 1. The fraction of sp³-hybridized carbons (Fsp3) is 0.184. The summed E-state index contributed by atoms with van der Waals surface area (Å²) in [7, 11) is 3.17. The monoisotopic (exact) mass is 1370 g/mol. The molecule has 4 aromatic heterocycles. The van der Waals surface area contributed by atoms with Crippen molar-refractivity contribution in [3.05, 3.63) is 273 Å². The second kappa shape index (κ2) is 35.0. The molecule has 0 atom stereocenters. The van der Waals surface area contributed by atoms with Gasteiger partial charge in [-0.2, -0.15) is 5.26 Å². The van der Waals surface area contributed by atoms with E-state index in [9.17, 15) is 0 Å².